The fourth-order valence-corrected chi connectivity index (χ4v) is 1.28. The Bertz CT molecular complexity index is 408. The second-order valence-corrected chi connectivity index (χ2v) is 3.35. The van der Waals surface area contributed by atoms with Crippen molar-refractivity contribution in [1.82, 2.24) is 15.0 Å². The Morgan fingerprint density at radius 2 is 2.13 bits per heavy atom. The van der Waals surface area contributed by atoms with Crippen LogP contribution in [0.2, 0.25) is 0 Å². The first-order valence-corrected chi connectivity index (χ1v) is 4.10. The van der Waals surface area contributed by atoms with E-state index in [0.29, 0.717) is 4.80 Å². The Kier molecular flexibility index (Phi) is 1.79. The van der Waals surface area contributed by atoms with E-state index in [0.717, 1.165) is 6.20 Å². The first-order valence-electron chi connectivity index (χ1n) is 4.10. The van der Waals surface area contributed by atoms with Gasteiger partial charge in [0.05, 0.1) is 6.20 Å². The number of aromatic carboxylic acids is 1. The summed E-state index contributed by atoms with van der Waals surface area (Å²) in [5.41, 5.74) is -2.56. The van der Waals surface area contributed by atoms with Crippen LogP contribution < -0.4 is 0 Å². The highest BCUT2D eigenvalue weighted by molar-refractivity contribution is 5.84. The predicted octanol–water partition coefficient (Wildman–Crippen LogP) is 1.03. The number of carboxylic acids is 1. The molecule has 2 rings (SSSR count). The van der Waals surface area contributed by atoms with Crippen LogP contribution in [0.25, 0.3) is 0 Å². The molecular formula is C7H6F3N3O2. The van der Waals surface area contributed by atoms with Gasteiger partial charge in [-0.05, 0) is 12.8 Å². The molecule has 5 nitrogen and oxygen atoms in total. The van der Waals surface area contributed by atoms with Crippen molar-refractivity contribution in [3.05, 3.63) is 11.9 Å². The molecule has 1 heterocycles. The maximum absolute atomic E-state index is 12.5. The van der Waals surface area contributed by atoms with Gasteiger partial charge >= 0.3 is 12.1 Å². The Balaban J connectivity index is 2.35. The van der Waals surface area contributed by atoms with Crippen LogP contribution in [-0.4, -0.2) is 32.2 Å². The fourth-order valence-electron chi connectivity index (χ4n) is 1.28. The standard InChI is InChI=1S/C7H6F3N3O2/c8-7(9,10)6(1-2-6)13-11-3-4(12-13)5(14)15/h3H,1-2H2,(H,14,15). The molecule has 1 aromatic rings. The number of nitrogens with zero attached hydrogens (tertiary/aromatic N) is 3. The van der Waals surface area contributed by atoms with Gasteiger partial charge in [-0.2, -0.15) is 23.1 Å². The zero-order valence-electron chi connectivity index (χ0n) is 7.32. The lowest BCUT2D eigenvalue weighted by Crippen LogP contribution is -2.36. The third-order valence-corrected chi connectivity index (χ3v) is 2.35. The monoisotopic (exact) mass is 221 g/mol. The van der Waals surface area contributed by atoms with Gasteiger partial charge in [0, 0.05) is 0 Å². The molecule has 0 radical (unpaired) electrons. The maximum atomic E-state index is 12.5. The molecule has 0 saturated heterocycles. The van der Waals surface area contributed by atoms with Crippen molar-refractivity contribution in [2.75, 3.05) is 0 Å². The number of halogens is 3. The number of hydrogen-bond donors (Lipinski definition) is 1. The molecule has 0 aliphatic heterocycles. The van der Waals surface area contributed by atoms with Gasteiger partial charge in [-0.1, -0.05) is 0 Å². The zero-order valence-corrected chi connectivity index (χ0v) is 7.32. The highest BCUT2D eigenvalue weighted by Crippen LogP contribution is 2.54. The quantitative estimate of drug-likeness (QED) is 0.809. The van der Waals surface area contributed by atoms with Gasteiger partial charge in [-0.3, -0.25) is 0 Å². The lowest BCUT2D eigenvalue weighted by molar-refractivity contribution is -0.185. The van der Waals surface area contributed by atoms with Crippen molar-refractivity contribution in [3.8, 4) is 0 Å². The summed E-state index contributed by atoms with van der Waals surface area (Å²) in [5, 5.41) is 15.1. The van der Waals surface area contributed by atoms with Crippen LogP contribution in [-0.2, 0) is 5.54 Å². The Hall–Kier alpha value is -1.60. The lowest BCUT2D eigenvalue weighted by Gasteiger charge is -2.17. The van der Waals surface area contributed by atoms with Gasteiger partial charge in [0.25, 0.3) is 0 Å². The molecule has 0 spiro atoms. The number of aromatic nitrogens is 3. The van der Waals surface area contributed by atoms with E-state index in [4.69, 9.17) is 5.11 Å². The minimum atomic E-state index is -4.44. The molecule has 1 aliphatic rings. The number of rotatable bonds is 2. The second-order valence-electron chi connectivity index (χ2n) is 3.35. The normalized spacial score (nSPS) is 18.9. The number of hydrogen-bond acceptors (Lipinski definition) is 3. The molecule has 0 amide bonds. The van der Waals surface area contributed by atoms with E-state index in [-0.39, 0.29) is 12.8 Å². The third kappa shape index (κ3) is 1.36. The zero-order chi connectivity index (χ0) is 11.3. The summed E-state index contributed by atoms with van der Waals surface area (Å²) < 4.78 is 37.6. The van der Waals surface area contributed by atoms with Gasteiger partial charge in [-0.15, -0.1) is 5.10 Å². The minimum absolute atomic E-state index is 0.107. The summed E-state index contributed by atoms with van der Waals surface area (Å²) in [5.74, 6) is -1.39. The second kappa shape index (κ2) is 2.71. The van der Waals surface area contributed by atoms with Crippen molar-refractivity contribution >= 4 is 5.97 Å². The minimum Gasteiger partial charge on any atom is -0.476 e. The van der Waals surface area contributed by atoms with E-state index in [9.17, 15) is 18.0 Å². The molecule has 1 aromatic heterocycles. The Morgan fingerprint density at radius 1 is 1.53 bits per heavy atom. The van der Waals surface area contributed by atoms with Crippen LogP contribution in [0.1, 0.15) is 23.3 Å². The van der Waals surface area contributed by atoms with E-state index >= 15 is 0 Å². The molecule has 0 bridgehead atoms. The molecule has 1 aliphatic carbocycles. The molecule has 0 unspecified atom stereocenters. The highest BCUT2D eigenvalue weighted by atomic mass is 19.4. The van der Waals surface area contributed by atoms with Crippen LogP contribution in [0.4, 0.5) is 13.2 Å². The summed E-state index contributed by atoms with van der Waals surface area (Å²) in [6.07, 6.45) is -3.84. The van der Waals surface area contributed by atoms with Gasteiger partial charge in [0.2, 0.25) is 0 Å². The van der Waals surface area contributed by atoms with Crippen molar-refractivity contribution in [2.24, 2.45) is 0 Å². The van der Waals surface area contributed by atoms with Gasteiger partial charge in [-0.25, -0.2) is 4.79 Å². The molecule has 82 valence electrons. The Morgan fingerprint density at radius 3 is 2.47 bits per heavy atom. The molecule has 8 heteroatoms. The SMILES string of the molecule is O=C(O)c1cnn(C2(C(F)(F)F)CC2)n1. The van der Waals surface area contributed by atoms with E-state index in [1.54, 1.807) is 0 Å². The van der Waals surface area contributed by atoms with Gasteiger partial charge < -0.3 is 5.11 Å². The summed E-state index contributed by atoms with van der Waals surface area (Å²) >= 11 is 0. The van der Waals surface area contributed by atoms with E-state index < -0.39 is 23.4 Å². The van der Waals surface area contributed by atoms with Gasteiger partial charge in [0.15, 0.2) is 11.2 Å². The van der Waals surface area contributed by atoms with Crippen molar-refractivity contribution in [2.45, 2.75) is 24.6 Å². The van der Waals surface area contributed by atoms with E-state index in [2.05, 4.69) is 10.2 Å². The van der Waals surface area contributed by atoms with Crippen molar-refractivity contribution in [1.29, 1.82) is 0 Å². The van der Waals surface area contributed by atoms with Crippen LogP contribution >= 0.6 is 0 Å². The summed E-state index contributed by atoms with van der Waals surface area (Å²) in [6.45, 7) is 0. The molecule has 0 aromatic carbocycles. The molecule has 1 saturated carbocycles. The average molecular weight is 221 g/mol. The topological polar surface area (TPSA) is 68.0 Å². The first kappa shape index (κ1) is 9.94. The fraction of sp³-hybridized carbons (Fsp3) is 0.571. The van der Waals surface area contributed by atoms with Crippen molar-refractivity contribution in [3.63, 3.8) is 0 Å². The molecule has 1 fully saturated rings. The van der Waals surface area contributed by atoms with Crippen LogP contribution in [0.3, 0.4) is 0 Å². The number of carbonyl (C=O) groups is 1. The summed E-state index contributed by atoms with van der Waals surface area (Å²) in [4.78, 5) is 10.9. The average Bonchev–Trinajstić information content (AvgIpc) is 2.77. The van der Waals surface area contributed by atoms with Crippen LogP contribution in [0.5, 0.6) is 0 Å². The molecular weight excluding hydrogens is 215 g/mol. The van der Waals surface area contributed by atoms with Crippen molar-refractivity contribution < 1.29 is 23.1 Å². The highest BCUT2D eigenvalue weighted by Gasteiger charge is 2.66. The van der Waals surface area contributed by atoms with Gasteiger partial charge in [0.1, 0.15) is 0 Å². The summed E-state index contributed by atoms with van der Waals surface area (Å²) in [6, 6.07) is 0. The van der Waals surface area contributed by atoms with E-state index in [1.807, 2.05) is 0 Å². The largest absolute Gasteiger partial charge is 0.476 e. The number of alkyl halides is 3. The smallest absolute Gasteiger partial charge is 0.415 e. The Labute approximate surface area is 81.5 Å². The summed E-state index contributed by atoms with van der Waals surface area (Å²) in [7, 11) is 0. The third-order valence-electron chi connectivity index (χ3n) is 2.35. The molecule has 15 heavy (non-hydrogen) atoms. The number of carboxylic acid groups (broad SMARTS) is 1. The molecule has 0 atom stereocenters. The lowest BCUT2D eigenvalue weighted by atomic mass is 10.3. The molecule has 1 N–H and O–H groups in total. The first-order chi connectivity index (χ1) is 6.87. The maximum Gasteiger partial charge on any atom is 0.415 e. The van der Waals surface area contributed by atoms with E-state index in [1.165, 1.54) is 0 Å². The van der Waals surface area contributed by atoms with Crippen LogP contribution in [0.15, 0.2) is 6.20 Å². The predicted molar refractivity (Wildman–Crippen MR) is 40.2 cm³/mol. The van der Waals surface area contributed by atoms with Crippen LogP contribution in [0, 0.1) is 0 Å².